The maximum Gasteiger partial charge on any atom is 0.203 e. The van der Waals surface area contributed by atoms with Gasteiger partial charge in [0.2, 0.25) is 5.75 Å². The fourth-order valence-corrected chi connectivity index (χ4v) is 3.14. The Labute approximate surface area is 179 Å². The van der Waals surface area contributed by atoms with E-state index in [-0.39, 0.29) is 0 Å². The number of aliphatic imine (C=N–C) groups is 1. The van der Waals surface area contributed by atoms with Crippen molar-refractivity contribution in [2.75, 3.05) is 41.5 Å². The molecule has 0 aromatic heterocycles. The van der Waals surface area contributed by atoms with Crippen molar-refractivity contribution in [2.24, 2.45) is 4.99 Å². The Balaban J connectivity index is 2.07. The van der Waals surface area contributed by atoms with Gasteiger partial charge in [-0.1, -0.05) is 12.1 Å². The maximum atomic E-state index is 5.55. The molecule has 0 atom stereocenters. The molecule has 2 N–H and O–H groups in total. The Morgan fingerprint density at radius 1 is 0.867 bits per heavy atom. The lowest BCUT2D eigenvalue weighted by Gasteiger charge is -2.16. The molecule has 2 rings (SSSR count). The van der Waals surface area contributed by atoms with Gasteiger partial charge in [0.15, 0.2) is 17.5 Å². The maximum absolute atomic E-state index is 5.55. The van der Waals surface area contributed by atoms with E-state index < -0.39 is 0 Å². The van der Waals surface area contributed by atoms with Crippen molar-refractivity contribution in [3.63, 3.8) is 0 Å². The lowest BCUT2D eigenvalue weighted by atomic mass is 10.1. The topological polar surface area (TPSA) is 73.3 Å². The second-order valence-electron chi connectivity index (χ2n) is 6.67. The smallest absolute Gasteiger partial charge is 0.203 e. The van der Waals surface area contributed by atoms with Gasteiger partial charge in [-0.05, 0) is 49.6 Å². The first-order valence-electron chi connectivity index (χ1n) is 10.0. The van der Waals surface area contributed by atoms with E-state index in [0.717, 1.165) is 42.3 Å². The molecule has 7 nitrogen and oxygen atoms in total. The van der Waals surface area contributed by atoms with E-state index >= 15 is 0 Å². The van der Waals surface area contributed by atoms with Crippen molar-refractivity contribution in [1.82, 2.24) is 10.6 Å². The summed E-state index contributed by atoms with van der Waals surface area (Å²) in [6, 6.07) is 10.1. The third-order valence-corrected chi connectivity index (χ3v) is 4.72. The average molecular weight is 416 g/mol. The molecular weight excluding hydrogens is 382 g/mol. The van der Waals surface area contributed by atoms with Gasteiger partial charge in [-0.25, -0.2) is 4.99 Å². The van der Waals surface area contributed by atoms with Crippen LogP contribution in [0.5, 0.6) is 23.0 Å². The highest BCUT2D eigenvalue weighted by Gasteiger charge is 2.15. The second-order valence-corrected chi connectivity index (χ2v) is 6.67. The first kappa shape index (κ1) is 23.2. The minimum absolute atomic E-state index is 0.442. The molecule has 0 saturated heterocycles. The van der Waals surface area contributed by atoms with Crippen LogP contribution in [0.3, 0.4) is 0 Å². The SMILES string of the molecule is CCNC(=NCc1ccc(OC)c(OC)c1OC)NCCc1ccc(C)c(OC)c1. The third kappa shape index (κ3) is 5.95. The van der Waals surface area contributed by atoms with Crippen LogP contribution >= 0.6 is 0 Å². The summed E-state index contributed by atoms with van der Waals surface area (Å²) in [4.78, 5) is 4.70. The molecule has 7 heteroatoms. The van der Waals surface area contributed by atoms with E-state index in [4.69, 9.17) is 23.9 Å². The number of aryl methyl sites for hydroxylation is 1. The molecule has 0 aliphatic rings. The Bertz CT molecular complexity index is 853. The van der Waals surface area contributed by atoms with Crippen LogP contribution in [-0.4, -0.2) is 47.5 Å². The number of nitrogens with one attached hydrogen (secondary N) is 2. The van der Waals surface area contributed by atoms with E-state index in [9.17, 15) is 0 Å². The van der Waals surface area contributed by atoms with E-state index in [1.165, 1.54) is 5.56 Å². The lowest BCUT2D eigenvalue weighted by molar-refractivity contribution is 0.322. The molecule has 2 aromatic carbocycles. The number of hydrogen-bond acceptors (Lipinski definition) is 5. The van der Waals surface area contributed by atoms with E-state index in [2.05, 4.69) is 28.8 Å². The molecule has 2 aromatic rings. The molecule has 0 aliphatic carbocycles. The fourth-order valence-electron chi connectivity index (χ4n) is 3.14. The van der Waals surface area contributed by atoms with Crippen molar-refractivity contribution >= 4 is 5.96 Å². The Morgan fingerprint density at radius 2 is 1.60 bits per heavy atom. The molecule has 0 bridgehead atoms. The summed E-state index contributed by atoms with van der Waals surface area (Å²) in [5.74, 6) is 3.48. The summed E-state index contributed by atoms with van der Waals surface area (Å²) in [6.45, 7) is 6.05. The van der Waals surface area contributed by atoms with Crippen LogP contribution in [0.1, 0.15) is 23.6 Å². The zero-order valence-corrected chi connectivity index (χ0v) is 18.8. The van der Waals surface area contributed by atoms with Gasteiger partial charge in [0.1, 0.15) is 5.75 Å². The zero-order valence-electron chi connectivity index (χ0n) is 18.8. The highest BCUT2D eigenvalue weighted by Crippen LogP contribution is 2.39. The van der Waals surface area contributed by atoms with Crippen LogP contribution in [0.15, 0.2) is 35.3 Å². The molecule has 0 radical (unpaired) electrons. The van der Waals surface area contributed by atoms with E-state index in [1.54, 1.807) is 28.4 Å². The summed E-state index contributed by atoms with van der Waals surface area (Å²) >= 11 is 0. The number of ether oxygens (including phenoxy) is 4. The second kappa shape index (κ2) is 11.8. The molecular formula is C23H33N3O4. The lowest BCUT2D eigenvalue weighted by Crippen LogP contribution is -2.38. The molecule has 0 fully saturated rings. The van der Waals surface area contributed by atoms with Gasteiger partial charge in [-0.15, -0.1) is 0 Å². The van der Waals surface area contributed by atoms with Crippen LogP contribution < -0.4 is 29.6 Å². The molecule has 164 valence electrons. The number of methoxy groups -OCH3 is 4. The monoisotopic (exact) mass is 415 g/mol. The Morgan fingerprint density at radius 3 is 2.23 bits per heavy atom. The quantitative estimate of drug-likeness (QED) is 0.458. The van der Waals surface area contributed by atoms with Crippen molar-refractivity contribution in [3.8, 4) is 23.0 Å². The van der Waals surface area contributed by atoms with Crippen molar-refractivity contribution in [1.29, 1.82) is 0 Å². The highest BCUT2D eigenvalue weighted by atomic mass is 16.5. The largest absolute Gasteiger partial charge is 0.496 e. The molecule has 30 heavy (non-hydrogen) atoms. The Kier molecular flexibility index (Phi) is 9.12. The summed E-state index contributed by atoms with van der Waals surface area (Å²) in [5.41, 5.74) is 3.26. The number of rotatable bonds is 10. The third-order valence-electron chi connectivity index (χ3n) is 4.72. The van der Waals surface area contributed by atoms with E-state index in [1.807, 2.05) is 26.0 Å². The molecule has 0 amide bonds. The Hall–Kier alpha value is -3.09. The van der Waals surface area contributed by atoms with Gasteiger partial charge in [0.25, 0.3) is 0 Å². The van der Waals surface area contributed by atoms with Crippen LogP contribution in [0.25, 0.3) is 0 Å². The molecule has 0 unspecified atom stereocenters. The van der Waals surface area contributed by atoms with Gasteiger partial charge in [-0.3, -0.25) is 0 Å². The first-order chi connectivity index (χ1) is 14.6. The summed E-state index contributed by atoms with van der Waals surface area (Å²) in [5, 5.41) is 6.66. The van der Waals surface area contributed by atoms with Gasteiger partial charge < -0.3 is 29.6 Å². The molecule has 0 aliphatic heterocycles. The summed E-state index contributed by atoms with van der Waals surface area (Å²) in [6.07, 6.45) is 0.862. The van der Waals surface area contributed by atoms with Crippen molar-refractivity contribution in [3.05, 3.63) is 47.0 Å². The predicted molar refractivity (Wildman–Crippen MR) is 120 cm³/mol. The van der Waals surface area contributed by atoms with Gasteiger partial charge in [0.05, 0.1) is 35.0 Å². The minimum atomic E-state index is 0.442. The standard InChI is InChI=1S/C23H33N3O4/c1-7-24-23(25-13-12-17-9-8-16(2)20(14-17)28-4)26-15-18-10-11-19(27-3)22(30-6)21(18)29-5/h8-11,14H,7,12-13,15H2,1-6H3,(H2,24,25,26). The highest BCUT2D eigenvalue weighted by molar-refractivity contribution is 5.79. The molecule has 0 spiro atoms. The fraction of sp³-hybridized carbons (Fsp3) is 0.435. The van der Waals surface area contributed by atoms with Gasteiger partial charge >= 0.3 is 0 Å². The minimum Gasteiger partial charge on any atom is -0.496 e. The molecule has 0 heterocycles. The number of guanidine groups is 1. The molecule has 0 saturated carbocycles. The summed E-state index contributed by atoms with van der Waals surface area (Å²) < 4.78 is 21.8. The van der Waals surface area contributed by atoms with Crippen molar-refractivity contribution in [2.45, 2.75) is 26.8 Å². The van der Waals surface area contributed by atoms with Crippen LogP contribution in [0.2, 0.25) is 0 Å². The average Bonchev–Trinajstić information content (AvgIpc) is 2.77. The van der Waals surface area contributed by atoms with Crippen LogP contribution in [-0.2, 0) is 13.0 Å². The van der Waals surface area contributed by atoms with Crippen LogP contribution in [0, 0.1) is 6.92 Å². The summed E-state index contributed by atoms with van der Waals surface area (Å²) in [7, 11) is 6.51. The number of benzene rings is 2. The van der Waals surface area contributed by atoms with Gasteiger partial charge in [-0.2, -0.15) is 0 Å². The number of nitrogens with zero attached hydrogens (tertiary/aromatic N) is 1. The van der Waals surface area contributed by atoms with Gasteiger partial charge in [0, 0.05) is 18.7 Å². The van der Waals surface area contributed by atoms with Crippen molar-refractivity contribution < 1.29 is 18.9 Å². The predicted octanol–water partition coefficient (Wildman–Crippen LogP) is 3.33. The van der Waals surface area contributed by atoms with Crippen LogP contribution in [0.4, 0.5) is 0 Å². The number of hydrogen-bond donors (Lipinski definition) is 2. The normalized spacial score (nSPS) is 11.1. The van der Waals surface area contributed by atoms with E-state index in [0.29, 0.717) is 23.8 Å². The first-order valence-corrected chi connectivity index (χ1v) is 10.0. The zero-order chi connectivity index (χ0) is 21.9.